The molecule has 1 unspecified atom stereocenters. The Hall–Kier alpha value is -1.83. The number of nitrogens with zero attached hydrogens (tertiary/aromatic N) is 3. The van der Waals surface area contributed by atoms with Crippen LogP contribution in [-0.2, 0) is 0 Å². The molecule has 0 aliphatic carbocycles. The highest BCUT2D eigenvalue weighted by Gasteiger charge is 2.34. The average molecular weight is 370 g/mol. The number of nitrogens with two attached hydrogens (primary N) is 1. The minimum absolute atomic E-state index is 0.0846. The lowest BCUT2D eigenvalue weighted by Crippen LogP contribution is -2.09. The molecule has 0 spiro atoms. The summed E-state index contributed by atoms with van der Waals surface area (Å²) in [6.07, 6.45) is 8.13. The van der Waals surface area contributed by atoms with Crippen LogP contribution in [0.15, 0.2) is 29.7 Å². The first-order valence-corrected chi connectivity index (χ1v) is 8.99. The summed E-state index contributed by atoms with van der Waals surface area (Å²) in [5.41, 5.74) is 2.95. The van der Waals surface area contributed by atoms with Gasteiger partial charge in [-0.3, -0.25) is 0 Å². The standard InChI is InChI=1S/C17H21F3N4S/c1-3-5-6-11(4-2)12-9-23-16(21)15(25-17(18,19)20)14(12)13-7-8-22-10-24-13/h7-11H,3-6H2,1-2H3,(H2,21,23). The normalized spacial score (nSPS) is 13.0. The SMILES string of the molecule is CCCCC(CC)c1cnc(N)c(SC(F)(F)F)c1-c1ccncn1. The maximum Gasteiger partial charge on any atom is 0.446 e. The average Bonchev–Trinajstić information content (AvgIpc) is 2.57. The predicted molar refractivity (Wildman–Crippen MR) is 94.1 cm³/mol. The van der Waals surface area contributed by atoms with Gasteiger partial charge in [-0.15, -0.1) is 0 Å². The zero-order valence-electron chi connectivity index (χ0n) is 14.2. The van der Waals surface area contributed by atoms with Gasteiger partial charge in [-0.2, -0.15) is 13.2 Å². The fourth-order valence-corrected chi connectivity index (χ4v) is 3.50. The molecule has 4 nitrogen and oxygen atoms in total. The Morgan fingerprint density at radius 1 is 1.24 bits per heavy atom. The number of hydrogen-bond donors (Lipinski definition) is 1. The molecule has 136 valence electrons. The van der Waals surface area contributed by atoms with E-state index >= 15 is 0 Å². The van der Waals surface area contributed by atoms with E-state index in [-0.39, 0.29) is 28.4 Å². The highest BCUT2D eigenvalue weighted by atomic mass is 32.2. The zero-order valence-corrected chi connectivity index (χ0v) is 15.0. The molecule has 2 aromatic rings. The second-order valence-corrected chi connectivity index (χ2v) is 6.77. The summed E-state index contributed by atoms with van der Waals surface area (Å²) >= 11 is -0.233. The highest BCUT2D eigenvalue weighted by Crippen LogP contribution is 2.47. The minimum Gasteiger partial charge on any atom is -0.383 e. The van der Waals surface area contributed by atoms with E-state index in [9.17, 15) is 13.2 Å². The van der Waals surface area contributed by atoms with Gasteiger partial charge in [0, 0.05) is 18.0 Å². The van der Waals surface area contributed by atoms with Crippen molar-refractivity contribution in [3.63, 3.8) is 0 Å². The number of aromatic nitrogens is 3. The van der Waals surface area contributed by atoms with Gasteiger partial charge in [-0.25, -0.2) is 15.0 Å². The van der Waals surface area contributed by atoms with Gasteiger partial charge in [0.05, 0.1) is 10.6 Å². The summed E-state index contributed by atoms with van der Waals surface area (Å²) in [5, 5.41) is 0. The number of thioether (sulfide) groups is 1. The number of nitrogen functional groups attached to an aromatic ring is 1. The van der Waals surface area contributed by atoms with Crippen LogP contribution in [0, 0.1) is 0 Å². The van der Waals surface area contributed by atoms with Gasteiger partial charge in [0.1, 0.15) is 12.1 Å². The molecular weight excluding hydrogens is 349 g/mol. The van der Waals surface area contributed by atoms with Crippen LogP contribution in [0.4, 0.5) is 19.0 Å². The molecule has 2 rings (SSSR count). The first-order valence-electron chi connectivity index (χ1n) is 8.17. The zero-order chi connectivity index (χ0) is 18.4. The lowest BCUT2D eigenvalue weighted by atomic mass is 9.88. The molecule has 8 heteroatoms. The topological polar surface area (TPSA) is 64.7 Å². The number of pyridine rings is 1. The smallest absolute Gasteiger partial charge is 0.383 e. The fraction of sp³-hybridized carbons (Fsp3) is 0.471. The van der Waals surface area contributed by atoms with Gasteiger partial charge in [0.25, 0.3) is 0 Å². The van der Waals surface area contributed by atoms with Crippen molar-refractivity contribution >= 4 is 17.6 Å². The predicted octanol–water partition coefficient (Wildman–Crippen LogP) is 5.42. The van der Waals surface area contributed by atoms with Gasteiger partial charge in [0.15, 0.2) is 0 Å². The largest absolute Gasteiger partial charge is 0.446 e. The van der Waals surface area contributed by atoms with Crippen LogP contribution in [0.3, 0.4) is 0 Å². The number of anilines is 1. The van der Waals surface area contributed by atoms with Crippen molar-refractivity contribution < 1.29 is 13.2 Å². The van der Waals surface area contributed by atoms with E-state index in [0.29, 0.717) is 11.3 Å². The second kappa shape index (κ2) is 8.51. The molecular formula is C17H21F3N4S. The van der Waals surface area contributed by atoms with Crippen molar-refractivity contribution in [3.8, 4) is 11.3 Å². The van der Waals surface area contributed by atoms with Gasteiger partial charge < -0.3 is 5.73 Å². The van der Waals surface area contributed by atoms with E-state index in [1.165, 1.54) is 12.5 Å². The van der Waals surface area contributed by atoms with Crippen LogP contribution in [0.25, 0.3) is 11.3 Å². The summed E-state index contributed by atoms with van der Waals surface area (Å²) in [6.45, 7) is 4.11. The molecule has 0 radical (unpaired) electrons. The van der Waals surface area contributed by atoms with Crippen molar-refractivity contribution in [3.05, 3.63) is 30.4 Å². The summed E-state index contributed by atoms with van der Waals surface area (Å²) in [4.78, 5) is 12.0. The summed E-state index contributed by atoms with van der Waals surface area (Å²) in [5.74, 6) is -0.0318. The molecule has 0 saturated carbocycles. The first-order chi connectivity index (χ1) is 11.9. The van der Waals surface area contributed by atoms with Crippen LogP contribution in [-0.4, -0.2) is 20.5 Å². The Morgan fingerprint density at radius 3 is 2.56 bits per heavy atom. The van der Waals surface area contributed by atoms with Gasteiger partial charge in [0.2, 0.25) is 0 Å². The van der Waals surface area contributed by atoms with Gasteiger partial charge >= 0.3 is 5.51 Å². The van der Waals surface area contributed by atoms with Crippen LogP contribution < -0.4 is 5.73 Å². The number of alkyl halides is 3. The maximum absolute atomic E-state index is 13.1. The van der Waals surface area contributed by atoms with Crippen molar-refractivity contribution in [1.29, 1.82) is 0 Å². The van der Waals surface area contributed by atoms with E-state index in [1.54, 1.807) is 12.3 Å². The summed E-state index contributed by atoms with van der Waals surface area (Å²) in [7, 11) is 0. The Balaban J connectivity index is 2.64. The lowest BCUT2D eigenvalue weighted by Gasteiger charge is -2.22. The number of hydrogen-bond acceptors (Lipinski definition) is 5. The van der Waals surface area contributed by atoms with Crippen molar-refractivity contribution in [1.82, 2.24) is 15.0 Å². The van der Waals surface area contributed by atoms with Crippen LogP contribution in [0.2, 0.25) is 0 Å². The third-order valence-corrected chi connectivity index (χ3v) is 4.83. The highest BCUT2D eigenvalue weighted by molar-refractivity contribution is 8.00. The number of halogens is 3. The maximum atomic E-state index is 13.1. The number of unbranched alkanes of at least 4 members (excludes halogenated alkanes) is 1. The molecule has 0 bridgehead atoms. The molecule has 0 aliphatic rings. The molecule has 0 saturated heterocycles. The molecule has 2 N–H and O–H groups in total. The molecule has 1 atom stereocenters. The van der Waals surface area contributed by atoms with E-state index in [4.69, 9.17) is 5.73 Å². The quantitative estimate of drug-likeness (QED) is 0.660. The Morgan fingerprint density at radius 2 is 2.00 bits per heavy atom. The molecule has 0 aliphatic heterocycles. The Bertz CT molecular complexity index is 692. The lowest BCUT2D eigenvalue weighted by molar-refractivity contribution is -0.0327. The molecule has 2 aromatic heterocycles. The van der Waals surface area contributed by atoms with Gasteiger partial charge in [-0.05, 0) is 42.2 Å². The van der Waals surface area contributed by atoms with Crippen LogP contribution in [0.5, 0.6) is 0 Å². The third-order valence-electron chi connectivity index (χ3n) is 3.99. The molecule has 0 fully saturated rings. The van der Waals surface area contributed by atoms with Crippen molar-refractivity contribution in [2.75, 3.05) is 5.73 Å². The monoisotopic (exact) mass is 370 g/mol. The molecule has 0 aromatic carbocycles. The third kappa shape index (κ3) is 5.07. The Kier molecular flexibility index (Phi) is 6.64. The molecule has 0 amide bonds. The minimum atomic E-state index is -4.46. The van der Waals surface area contributed by atoms with Crippen molar-refractivity contribution in [2.45, 2.75) is 55.9 Å². The van der Waals surface area contributed by atoms with Crippen LogP contribution >= 0.6 is 11.8 Å². The fourth-order valence-electron chi connectivity index (χ4n) is 2.78. The second-order valence-electron chi connectivity index (χ2n) is 5.69. The summed E-state index contributed by atoms with van der Waals surface area (Å²) < 4.78 is 39.2. The Labute approximate surface area is 149 Å². The van der Waals surface area contributed by atoms with Crippen LogP contribution in [0.1, 0.15) is 51.0 Å². The van der Waals surface area contributed by atoms with Crippen molar-refractivity contribution in [2.24, 2.45) is 0 Å². The molecule has 25 heavy (non-hydrogen) atoms. The van der Waals surface area contributed by atoms with E-state index in [0.717, 1.165) is 31.2 Å². The first kappa shape index (κ1) is 19.5. The summed E-state index contributed by atoms with van der Waals surface area (Å²) in [6, 6.07) is 1.60. The van der Waals surface area contributed by atoms with E-state index in [1.807, 2.05) is 6.92 Å². The molecule has 2 heterocycles. The van der Waals surface area contributed by atoms with Gasteiger partial charge in [-0.1, -0.05) is 26.7 Å². The van der Waals surface area contributed by atoms with E-state index < -0.39 is 5.51 Å². The number of rotatable bonds is 7. The van der Waals surface area contributed by atoms with E-state index in [2.05, 4.69) is 21.9 Å².